The van der Waals surface area contributed by atoms with E-state index in [2.05, 4.69) is 21.2 Å². The summed E-state index contributed by atoms with van der Waals surface area (Å²) in [6.45, 7) is 1.78. The first-order valence-electron chi connectivity index (χ1n) is 7.64. The Labute approximate surface area is 115 Å². The molecule has 1 aliphatic heterocycles. The van der Waals surface area contributed by atoms with Crippen LogP contribution in [0.4, 0.5) is 0 Å². The third kappa shape index (κ3) is 2.84. The zero-order chi connectivity index (χ0) is 13.1. The van der Waals surface area contributed by atoms with Crippen molar-refractivity contribution in [3.05, 3.63) is 18.0 Å². The van der Waals surface area contributed by atoms with Crippen LogP contribution in [0.25, 0.3) is 0 Å². The molecule has 4 nitrogen and oxygen atoms in total. The van der Waals surface area contributed by atoms with E-state index in [0.29, 0.717) is 6.10 Å². The van der Waals surface area contributed by atoms with Gasteiger partial charge in [0.15, 0.2) is 0 Å². The maximum Gasteiger partial charge on any atom is 0.0779 e. The molecule has 3 rings (SSSR count). The molecule has 19 heavy (non-hydrogen) atoms. The van der Waals surface area contributed by atoms with Crippen LogP contribution >= 0.6 is 0 Å². The van der Waals surface area contributed by atoms with Gasteiger partial charge in [0.2, 0.25) is 0 Å². The minimum atomic E-state index is 0.221. The molecule has 1 saturated heterocycles. The average molecular weight is 263 g/mol. The van der Waals surface area contributed by atoms with Crippen molar-refractivity contribution in [3.63, 3.8) is 0 Å². The maximum absolute atomic E-state index is 6.42. The van der Waals surface area contributed by atoms with Crippen molar-refractivity contribution < 1.29 is 4.74 Å². The van der Waals surface area contributed by atoms with Gasteiger partial charge >= 0.3 is 0 Å². The van der Waals surface area contributed by atoms with E-state index in [1.54, 1.807) is 0 Å². The van der Waals surface area contributed by atoms with Crippen LogP contribution in [0.2, 0.25) is 0 Å². The van der Waals surface area contributed by atoms with E-state index in [0.717, 1.165) is 13.1 Å². The number of nitrogens with zero attached hydrogens (tertiary/aromatic N) is 2. The van der Waals surface area contributed by atoms with Crippen molar-refractivity contribution in [2.75, 3.05) is 7.05 Å². The first-order valence-corrected chi connectivity index (χ1v) is 7.64. The van der Waals surface area contributed by atoms with Gasteiger partial charge in [-0.1, -0.05) is 19.3 Å². The monoisotopic (exact) mass is 263 g/mol. The van der Waals surface area contributed by atoms with Gasteiger partial charge in [0.1, 0.15) is 0 Å². The molecule has 2 heterocycles. The lowest BCUT2D eigenvalue weighted by molar-refractivity contribution is -0.0690. The molecule has 1 aliphatic carbocycles. The highest BCUT2D eigenvalue weighted by molar-refractivity contribution is 5.01. The number of aromatic nitrogens is 2. The Morgan fingerprint density at radius 2 is 2.21 bits per heavy atom. The first-order chi connectivity index (χ1) is 9.31. The summed E-state index contributed by atoms with van der Waals surface area (Å²) in [5, 5.41) is 7.62. The molecule has 2 aliphatic rings. The molecule has 0 aromatic carbocycles. The molecule has 1 spiro atoms. The summed E-state index contributed by atoms with van der Waals surface area (Å²) in [6, 6.07) is 2.09. The summed E-state index contributed by atoms with van der Waals surface area (Å²) >= 11 is 0. The van der Waals surface area contributed by atoms with E-state index in [1.807, 2.05) is 13.2 Å². The van der Waals surface area contributed by atoms with E-state index >= 15 is 0 Å². The highest BCUT2D eigenvalue weighted by Crippen LogP contribution is 2.42. The number of hydrogen-bond donors (Lipinski definition) is 1. The Hall–Kier alpha value is -0.870. The summed E-state index contributed by atoms with van der Waals surface area (Å²) < 4.78 is 8.52. The Kier molecular flexibility index (Phi) is 3.89. The quantitative estimate of drug-likeness (QED) is 0.907. The maximum atomic E-state index is 6.42. The van der Waals surface area contributed by atoms with Crippen LogP contribution in [0, 0.1) is 0 Å². The van der Waals surface area contributed by atoms with Gasteiger partial charge in [0, 0.05) is 12.7 Å². The SMILES string of the molecule is CNCc1ccnn1CC1CCC2(CCCCC2)O1. The second-order valence-corrected chi connectivity index (χ2v) is 6.06. The van der Waals surface area contributed by atoms with Crippen LogP contribution in [-0.4, -0.2) is 28.5 Å². The Morgan fingerprint density at radius 1 is 1.37 bits per heavy atom. The number of hydrogen-bond acceptors (Lipinski definition) is 3. The molecule has 0 amide bonds. The van der Waals surface area contributed by atoms with Crippen LogP contribution < -0.4 is 5.32 Å². The molecule has 1 aromatic heterocycles. The lowest BCUT2D eigenvalue weighted by Crippen LogP contribution is -2.32. The molecule has 106 valence electrons. The Bertz CT molecular complexity index is 409. The van der Waals surface area contributed by atoms with Gasteiger partial charge in [0.25, 0.3) is 0 Å². The van der Waals surface area contributed by atoms with Crippen LogP contribution in [0.5, 0.6) is 0 Å². The van der Waals surface area contributed by atoms with Crippen molar-refractivity contribution >= 4 is 0 Å². The van der Waals surface area contributed by atoms with Crippen molar-refractivity contribution in [1.82, 2.24) is 15.1 Å². The van der Waals surface area contributed by atoms with Gasteiger partial charge in [-0.15, -0.1) is 0 Å². The van der Waals surface area contributed by atoms with Crippen LogP contribution in [0.15, 0.2) is 12.3 Å². The van der Waals surface area contributed by atoms with Gasteiger partial charge < -0.3 is 10.1 Å². The zero-order valence-electron chi connectivity index (χ0n) is 11.9. The van der Waals surface area contributed by atoms with Gasteiger partial charge in [-0.05, 0) is 38.8 Å². The lowest BCUT2D eigenvalue weighted by Gasteiger charge is -2.33. The van der Waals surface area contributed by atoms with E-state index in [4.69, 9.17) is 4.74 Å². The van der Waals surface area contributed by atoms with Gasteiger partial charge in [0.05, 0.1) is 23.9 Å². The number of rotatable bonds is 4. The standard InChI is InChI=1S/C15H25N3O/c1-16-11-13-6-10-17-18(13)12-14-5-9-15(19-14)7-3-2-4-8-15/h6,10,14,16H,2-5,7-9,11-12H2,1H3. The molecule has 2 fully saturated rings. The third-order valence-electron chi connectivity index (χ3n) is 4.64. The lowest BCUT2D eigenvalue weighted by atomic mass is 9.83. The molecule has 0 radical (unpaired) electrons. The summed E-state index contributed by atoms with van der Waals surface area (Å²) in [7, 11) is 1.97. The number of ether oxygens (including phenoxy) is 1. The van der Waals surface area contributed by atoms with Crippen molar-refractivity contribution in [3.8, 4) is 0 Å². The molecule has 4 heteroatoms. The van der Waals surface area contributed by atoms with Gasteiger partial charge in [-0.2, -0.15) is 5.10 Å². The Morgan fingerprint density at radius 3 is 3.00 bits per heavy atom. The molecule has 1 aromatic rings. The van der Waals surface area contributed by atoms with E-state index in [1.165, 1.54) is 50.6 Å². The minimum absolute atomic E-state index is 0.221. The van der Waals surface area contributed by atoms with Crippen molar-refractivity contribution in [1.29, 1.82) is 0 Å². The molecular formula is C15H25N3O. The Balaban J connectivity index is 1.60. The van der Waals surface area contributed by atoms with Crippen molar-refractivity contribution in [2.45, 2.75) is 69.7 Å². The molecule has 1 atom stereocenters. The largest absolute Gasteiger partial charge is 0.370 e. The average Bonchev–Trinajstić information content (AvgIpc) is 3.00. The van der Waals surface area contributed by atoms with Gasteiger partial charge in [-0.3, -0.25) is 4.68 Å². The fourth-order valence-corrected chi connectivity index (χ4v) is 3.64. The molecule has 1 unspecified atom stereocenters. The second kappa shape index (κ2) is 5.63. The van der Waals surface area contributed by atoms with Crippen LogP contribution in [-0.2, 0) is 17.8 Å². The molecule has 1 N–H and O–H groups in total. The highest BCUT2D eigenvalue weighted by Gasteiger charge is 2.40. The first kappa shape index (κ1) is 13.1. The van der Waals surface area contributed by atoms with Crippen LogP contribution in [0.1, 0.15) is 50.6 Å². The summed E-state index contributed by atoms with van der Waals surface area (Å²) in [5.41, 5.74) is 1.47. The normalized spacial score (nSPS) is 26.1. The molecular weight excluding hydrogens is 238 g/mol. The summed E-state index contributed by atoms with van der Waals surface area (Å²) in [4.78, 5) is 0. The predicted octanol–water partition coefficient (Wildman–Crippen LogP) is 2.48. The van der Waals surface area contributed by atoms with Crippen molar-refractivity contribution in [2.24, 2.45) is 0 Å². The fraction of sp³-hybridized carbons (Fsp3) is 0.800. The zero-order valence-corrected chi connectivity index (χ0v) is 11.9. The highest BCUT2D eigenvalue weighted by atomic mass is 16.5. The van der Waals surface area contributed by atoms with E-state index < -0.39 is 0 Å². The van der Waals surface area contributed by atoms with Gasteiger partial charge in [-0.25, -0.2) is 0 Å². The fourth-order valence-electron chi connectivity index (χ4n) is 3.64. The predicted molar refractivity (Wildman–Crippen MR) is 74.9 cm³/mol. The van der Waals surface area contributed by atoms with Crippen LogP contribution in [0.3, 0.4) is 0 Å². The summed E-state index contributed by atoms with van der Waals surface area (Å²) in [5.74, 6) is 0. The van der Waals surface area contributed by atoms with E-state index in [9.17, 15) is 0 Å². The molecule has 1 saturated carbocycles. The molecule has 0 bridgehead atoms. The minimum Gasteiger partial charge on any atom is -0.370 e. The topological polar surface area (TPSA) is 39.1 Å². The smallest absolute Gasteiger partial charge is 0.0779 e. The summed E-state index contributed by atoms with van der Waals surface area (Å²) in [6.07, 6.45) is 11.3. The second-order valence-electron chi connectivity index (χ2n) is 6.06. The number of nitrogens with one attached hydrogen (secondary N) is 1. The van der Waals surface area contributed by atoms with E-state index in [-0.39, 0.29) is 5.60 Å². The third-order valence-corrected chi connectivity index (χ3v) is 4.64.